The second-order valence-electron chi connectivity index (χ2n) is 7.59. The van der Waals surface area contributed by atoms with Gasteiger partial charge in [0.25, 0.3) is 11.8 Å². The van der Waals surface area contributed by atoms with Gasteiger partial charge in [-0.3, -0.25) is 9.59 Å². The fourth-order valence-corrected chi connectivity index (χ4v) is 5.13. The molecule has 0 aromatic carbocycles. The number of carbonyl (C=O) groups excluding carboxylic acids is 2. The van der Waals surface area contributed by atoms with Crippen molar-refractivity contribution in [2.45, 2.75) is 57.0 Å². The normalized spacial score (nSPS) is 38.1. The van der Waals surface area contributed by atoms with Gasteiger partial charge >= 0.3 is 0 Å². The van der Waals surface area contributed by atoms with Gasteiger partial charge in [0.1, 0.15) is 0 Å². The van der Waals surface area contributed by atoms with E-state index in [2.05, 4.69) is 10.6 Å². The van der Waals surface area contributed by atoms with E-state index < -0.39 is 0 Å². The maximum atomic E-state index is 12.5. The SMILES string of the molecule is CNC(=O)C[NH2+][C@H](C)C(=O)NC12CC3CC(CC(C3)C1)C2. The molecule has 0 aromatic heterocycles. The van der Waals surface area contributed by atoms with Crippen LogP contribution >= 0.6 is 0 Å². The summed E-state index contributed by atoms with van der Waals surface area (Å²) in [5.41, 5.74) is 0.0704. The first kappa shape index (κ1) is 14.8. The van der Waals surface area contributed by atoms with E-state index in [4.69, 9.17) is 0 Å². The average Bonchev–Trinajstić information content (AvgIpc) is 2.42. The van der Waals surface area contributed by atoms with Crippen LogP contribution in [0.4, 0.5) is 0 Å². The number of hydrogen-bond donors (Lipinski definition) is 3. The summed E-state index contributed by atoms with van der Waals surface area (Å²) in [5, 5.41) is 7.76. The first-order chi connectivity index (χ1) is 9.99. The fourth-order valence-electron chi connectivity index (χ4n) is 5.13. The average molecular weight is 294 g/mol. The maximum Gasteiger partial charge on any atom is 0.278 e. The first-order valence-electron chi connectivity index (χ1n) is 8.35. The molecule has 4 aliphatic carbocycles. The minimum atomic E-state index is -0.199. The summed E-state index contributed by atoms with van der Waals surface area (Å²) < 4.78 is 0. The highest BCUT2D eigenvalue weighted by Crippen LogP contribution is 2.55. The number of nitrogens with two attached hydrogens (primary N) is 1. The van der Waals surface area contributed by atoms with Crippen molar-refractivity contribution in [2.75, 3.05) is 13.6 Å². The Morgan fingerprint density at radius 1 is 1.14 bits per heavy atom. The molecular weight excluding hydrogens is 266 g/mol. The number of quaternary nitrogens is 1. The van der Waals surface area contributed by atoms with E-state index in [1.165, 1.54) is 38.5 Å². The minimum absolute atomic E-state index is 0.0375. The van der Waals surface area contributed by atoms with Crippen molar-refractivity contribution >= 4 is 11.8 Å². The Morgan fingerprint density at radius 3 is 2.14 bits per heavy atom. The number of hydrogen-bond acceptors (Lipinski definition) is 2. The summed E-state index contributed by atoms with van der Waals surface area (Å²) in [7, 11) is 1.62. The van der Waals surface area contributed by atoms with Crippen molar-refractivity contribution in [3.8, 4) is 0 Å². The third-order valence-corrected chi connectivity index (χ3v) is 5.78. The van der Waals surface area contributed by atoms with Crippen LogP contribution in [0, 0.1) is 17.8 Å². The Bertz CT molecular complexity index is 400. The van der Waals surface area contributed by atoms with Crippen molar-refractivity contribution in [1.82, 2.24) is 10.6 Å². The Morgan fingerprint density at radius 2 is 1.67 bits per heavy atom. The molecule has 118 valence electrons. The lowest BCUT2D eigenvalue weighted by molar-refractivity contribution is -0.663. The second kappa shape index (κ2) is 5.59. The molecule has 0 aliphatic heterocycles. The molecular formula is C16H28N3O2+. The number of carbonyl (C=O) groups is 2. The molecule has 4 rings (SSSR count). The number of amides is 2. The van der Waals surface area contributed by atoms with Crippen LogP contribution in [0.25, 0.3) is 0 Å². The molecule has 4 bridgehead atoms. The lowest BCUT2D eigenvalue weighted by Crippen LogP contribution is -2.94. The smallest absolute Gasteiger partial charge is 0.278 e. The molecule has 4 aliphatic rings. The summed E-state index contributed by atoms with van der Waals surface area (Å²) in [6.07, 6.45) is 7.67. The topological polar surface area (TPSA) is 74.8 Å². The molecule has 0 heterocycles. The molecule has 5 nitrogen and oxygen atoms in total. The van der Waals surface area contributed by atoms with Crippen LogP contribution < -0.4 is 16.0 Å². The quantitative estimate of drug-likeness (QED) is 0.655. The molecule has 4 saturated carbocycles. The zero-order valence-corrected chi connectivity index (χ0v) is 13.2. The summed E-state index contributed by atoms with van der Waals surface area (Å²) in [6.45, 7) is 2.20. The first-order valence-corrected chi connectivity index (χ1v) is 8.35. The molecule has 4 fully saturated rings. The highest BCUT2D eigenvalue weighted by Gasteiger charge is 2.51. The summed E-state index contributed by atoms with van der Waals surface area (Å²) in [6, 6.07) is -0.199. The minimum Gasteiger partial charge on any atom is -0.354 e. The number of likely N-dealkylation sites (N-methyl/N-ethyl adjacent to an activating group) is 1. The van der Waals surface area contributed by atoms with Gasteiger partial charge in [-0.25, -0.2) is 0 Å². The van der Waals surface area contributed by atoms with Crippen molar-refractivity contribution in [3.63, 3.8) is 0 Å². The largest absolute Gasteiger partial charge is 0.354 e. The molecule has 1 atom stereocenters. The molecule has 21 heavy (non-hydrogen) atoms. The standard InChI is InChI=1S/C16H27N3O2/c1-10(18-9-14(20)17-2)15(21)19-16-6-11-3-12(7-16)5-13(4-11)8-16/h10-13,18H,3-9H2,1-2H3,(H,17,20)(H,19,21)/p+1/t10-,11?,12?,13?,16?/m1/s1. The zero-order valence-electron chi connectivity index (χ0n) is 13.2. The molecule has 0 aromatic rings. The van der Waals surface area contributed by atoms with Gasteiger partial charge in [-0.1, -0.05) is 0 Å². The third kappa shape index (κ3) is 3.07. The van der Waals surface area contributed by atoms with Gasteiger partial charge in [0.05, 0.1) is 0 Å². The van der Waals surface area contributed by atoms with Gasteiger partial charge in [0, 0.05) is 12.6 Å². The van der Waals surface area contributed by atoms with Gasteiger partial charge < -0.3 is 16.0 Å². The second-order valence-corrected chi connectivity index (χ2v) is 7.59. The Balaban J connectivity index is 1.56. The van der Waals surface area contributed by atoms with Gasteiger partial charge in [-0.2, -0.15) is 0 Å². The van der Waals surface area contributed by atoms with E-state index in [-0.39, 0.29) is 23.4 Å². The van der Waals surface area contributed by atoms with E-state index in [1.807, 2.05) is 12.2 Å². The number of rotatable bonds is 5. The maximum absolute atomic E-state index is 12.5. The van der Waals surface area contributed by atoms with Gasteiger partial charge in [0.2, 0.25) is 0 Å². The van der Waals surface area contributed by atoms with Crippen molar-refractivity contribution in [1.29, 1.82) is 0 Å². The van der Waals surface area contributed by atoms with E-state index >= 15 is 0 Å². The van der Waals surface area contributed by atoms with Gasteiger partial charge in [-0.15, -0.1) is 0 Å². The van der Waals surface area contributed by atoms with Crippen LogP contribution in [0.5, 0.6) is 0 Å². The van der Waals surface area contributed by atoms with Crippen molar-refractivity contribution < 1.29 is 14.9 Å². The predicted octanol–water partition coefficient (Wildman–Crippen LogP) is -0.231. The molecule has 0 spiro atoms. The Labute approximate surface area is 126 Å². The van der Waals surface area contributed by atoms with Gasteiger partial charge in [0.15, 0.2) is 12.6 Å². The predicted molar refractivity (Wildman–Crippen MR) is 79.4 cm³/mol. The molecule has 0 unspecified atom stereocenters. The van der Waals surface area contributed by atoms with E-state index in [1.54, 1.807) is 7.05 Å². The summed E-state index contributed by atoms with van der Waals surface area (Å²) >= 11 is 0. The zero-order chi connectivity index (χ0) is 15.0. The van der Waals surface area contributed by atoms with E-state index in [9.17, 15) is 9.59 Å². The lowest BCUT2D eigenvalue weighted by atomic mass is 9.53. The molecule has 5 heteroatoms. The Hall–Kier alpha value is -1.10. The molecule has 4 N–H and O–H groups in total. The van der Waals surface area contributed by atoms with Crippen LogP contribution in [0.1, 0.15) is 45.4 Å². The Kier molecular flexibility index (Phi) is 3.95. The van der Waals surface area contributed by atoms with Crippen LogP contribution in [0.3, 0.4) is 0 Å². The fraction of sp³-hybridized carbons (Fsp3) is 0.875. The van der Waals surface area contributed by atoms with Crippen LogP contribution in [-0.2, 0) is 9.59 Å². The lowest BCUT2D eigenvalue weighted by Gasteiger charge is -2.57. The van der Waals surface area contributed by atoms with E-state index in [0.717, 1.165) is 17.8 Å². The van der Waals surface area contributed by atoms with Crippen LogP contribution in [-0.4, -0.2) is 37.0 Å². The molecule has 0 saturated heterocycles. The van der Waals surface area contributed by atoms with Crippen molar-refractivity contribution in [3.05, 3.63) is 0 Å². The van der Waals surface area contributed by atoms with Crippen molar-refractivity contribution in [2.24, 2.45) is 17.8 Å². The summed E-state index contributed by atoms with van der Waals surface area (Å²) in [4.78, 5) is 23.7. The van der Waals surface area contributed by atoms with E-state index in [0.29, 0.717) is 6.54 Å². The molecule has 2 amide bonds. The van der Waals surface area contributed by atoms with Gasteiger partial charge in [-0.05, 0) is 63.2 Å². The van der Waals surface area contributed by atoms with Crippen LogP contribution in [0.2, 0.25) is 0 Å². The molecule has 0 radical (unpaired) electrons. The monoisotopic (exact) mass is 294 g/mol. The highest BCUT2D eigenvalue weighted by molar-refractivity contribution is 5.81. The van der Waals surface area contributed by atoms with Crippen LogP contribution in [0.15, 0.2) is 0 Å². The highest BCUT2D eigenvalue weighted by atomic mass is 16.2. The number of nitrogens with one attached hydrogen (secondary N) is 2. The summed E-state index contributed by atoms with van der Waals surface area (Å²) in [5.74, 6) is 2.57. The third-order valence-electron chi connectivity index (χ3n) is 5.78.